The van der Waals surface area contributed by atoms with E-state index in [1.165, 1.54) is 5.56 Å². The smallest absolute Gasteiger partial charge is 0.274 e. The zero-order valence-corrected chi connectivity index (χ0v) is 19.2. The summed E-state index contributed by atoms with van der Waals surface area (Å²) in [7, 11) is 1.59. The molecule has 7 heteroatoms. The van der Waals surface area contributed by atoms with Gasteiger partial charge in [0.2, 0.25) is 5.88 Å². The van der Waals surface area contributed by atoms with Crippen LogP contribution in [0.5, 0.6) is 5.88 Å². The Balaban J connectivity index is 1.36. The number of piperazine rings is 1. The third-order valence-electron chi connectivity index (χ3n) is 6.08. The molecular weight excluding hydrogens is 426 g/mol. The summed E-state index contributed by atoms with van der Waals surface area (Å²) in [6.45, 7) is 3.96. The second-order valence-electron chi connectivity index (χ2n) is 8.31. The number of carbonyl (C=O) groups excluding carboxylic acids is 1. The number of aromatic nitrogens is 3. The number of methoxy groups -OCH3 is 1. The third-order valence-corrected chi connectivity index (χ3v) is 6.08. The van der Waals surface area contributed by atoms with Gasteiger partial charge < -0.3 is 9.64 Å². The maximum Gasteiger partial charge on any atom is 0.274 e. The molecule has 1 aliphatic rings. The zero-order valence-electron chi connectivity index (χ0n) is 19.2. The van der Waals surface area contributed by atoms with E-state index in [9.17, 15) is 4.79 Å². The van der Waals surface area contributed by atoms with Crippen molar-refractivity contribution in [1.82, 2.24) is 24.6 Å². The standard InChI is InChI=1S/C27H27N5O2/c1-34-26-13-12-23(19-28-26)32-25(22-10-6-3-7-11-22)18-24(29-32)27(33)31-16-14-30(15-17-31)20-21-8-4-2-5-9-21/h2-13,18-19H,14-17,20H2,1H3. The highest BCUT2D eigenvalue weighted by molar-refractivity contribution is 5.93. The van der Waals surface area contributed by atoms with Crippen LogP contribution in [-0.2, 0) is 6.54 Å². The lowest BCUT2D eigenvalue weighted by atomic mass is 10.1. The molecule has 3 heterocycles. The molecule has 5 rings (SSSR count). The van der Waals surface area contributed by atoms with E-state index < -0.39 is 0 Å². The molecule has 1 aliphatic heterocycles. The van der Waals surface area contributed by atoms with Gasteiger partial charge in [0.15, 0.2) is 5.69 Å². The SMILES string of the molecule is COc1ccc(-n2nc(C(=O)N3CCN(Cc4ccccc4)CC3)cc2-c2ccccc2)cn1. The fourth-order valence-corrected chi connectivity index (χ4v) is 4.23. The van der Waals surface area contributed by atoms with E-state index in [1.54, 1.807) is 24.1 Å². The summed E-state index contributed by atoms with van der Waals surface area (Å²) in [5.41, 5.74) is 4.33. The predicted octanol–water partition coefficient (Wildman–Crippen LogP) is 3.90. The van der Waals surface area contributed by atoms with Gasteiger partial charge in [0.25, 0.3) is 5.91 Å². The molecular formula is C27H27N5O2. The summed E-state index contributed by atoms with van der Waals surface area (Å²) in [4.78, 5) is 22.0. The molecule has 0 radical (unpaired) electrons. The minimum Gasteiger partial charge on any atom is -0.481 e. The first-order valence-corrected chi connectivity index (χ1v) is 11.4. The van der Waals surface area contributed by atoms with Gasteiger partial charge in [-0.05, 0) is 17.7 Å². The first-order valence-electron chi connectivity index (χ1n) is 11.4. The van der Waals surface area contributed by atoms with Crippen molar-refractivity contribution < 1.29 is 9.53 Å². The molecule has 1 saturated heterocycles. The van der Waals surface area contributed by atoms with Crippen LogP contribution in [-0.4, -0.2) is 63.8 Å². The minimum atomic E-state index is -0.0447. The maximum absolute atomic E-state index is 13.4. The topological polar surface area (TPSA) is 63.5 Å². The van der Waals surface area contributed by atoms with Crippen molar-refractivity contribution in [2.45, 2.75) is 6.54 Å². The molecule has 2 aromatic heterocycles. The number of benzene rings is 2. The maximum atomic E-state index is 13.4. The number of hydrogen-bond acceptors (Lipinski definition) is 5. The second-order valence-corrected chi connectivity index (χ2v) is 8.31. The summed E-state index contributed by atoms with van der Waals surface area (Å²) in [5, 5.41) is 4.71. The van der Waals surface area contributed by atoms with E-state index in [-0.39, 0.29) is 5.91 Å². The van der Waals surface area contributed by atoms with Crippen molar-refractivity contribution in [2.75, 3.05) is 33.3 Å². The summed E-state index contributed by atoms with van der Waals surface area (Å²) in [6.07, 6.45) is 1.70. The monoisotopic (exact) mass is 453 g/mol. The van der Waals surface area contributed by atoms with Crippen LogP contribution in [0.4, 0.5) is 0 Å². The van der Waals surface area contributed by atoms with Crippen LogP contribution in [0.3, 0.4) is 0 Å². The Labute approximate surface area is 199 Å². The molecule has 0 unspecified atom stereocenters. The van der Waals surface area contributed by atoms with E-state index in [1.807, 2.05) is 53.4 Å². The van der Waals surface area contributed by atoms with Crippen LogP contribution in [0.15, 0.2) is 85.1 Å². The average molecular weight is 454 g/mol. The number of ether oxygens (including phenoxy) is 1. The molecule has 0 N–H and O–H groups in total. The molecule has 0 saturated carbocycles. The van der Waals surface area contributed by atoms with Crippen LogP contribution < -0.4 is 4.74 Å². The number of nitrogens with zero attached hydrogens (tertiary/aromatic N) is 5. The third kappa shape index (κ3) is 4.70. The largest absolute Gasteiger partial charge is 0.481 e. The molecule has 0 spiro atoms. The van der Waals surface area contributed by atoms with Crippen molar-refractivity contribution in [2.24, 2.45) is 0 Å². The van der Waals surface area contributed by atoms with Crippen molar-refractivity contribution in [3.63, 3.8) is 0 Å². The van der Waals surface area contributed by atoms with E-state index in [0.717, 1.165) is 36.6 Å². The molecule has 34 heavy (non-hydrogen) atoms. The van der Waals surface area contributed by atoms with Crippen molar-refractivity contribution in [3.05, 3.63) is 96.3 Å². The summed E-state index contributed by atoms with van der Waals surface area (Å²) < 4.78 is 6.96. The Hall–Kier alpha value is -3.97. The van der Waals surface area contributed by atoms with Crippen molar-refractivity contribution in [3.8, 4) is 22.8 Å². The van der Waals surface area contributed by atoms with Crippen LogP contribution in [0, 0.1) is 0 Å². The number of amides is 1. The zero-order chi connectivity index (χ0) is 23.3. The molecule has 0 atom stereocenters. The number of rotatable bonds is 6. The fourth-order valence-electron chi connectivity index (χ4n) is 4.23. The summed E-state index contributed by atoms with van der Waals surface area (Å²) in [6, 6.07) is 26.0. The minimum absolute atomic E-state index is 0.0447. The molecule has 1 amide bonds. The quantitative estimate of drug-likeness (QED) is 0.443. The van der Waals surface area contributed by atoms with Gasteiger partial charge in [-0.15, -0.1) is 0 Å². The van der Waals surface area contributed by atoms with Gasteiger partial charge in [-0.1, -0.05) is 60.7 Å². The van der Waals surface area contributed by atoms with E-state index >= 15 is 0 Å². The molecule has 7 nitrogen and oxygen atoms in total. The van der Waals surface area contributed by atoms with Gasteiger partial charge >= 0.3 is 0 Å². The Morgan fingerprint density at radius 3 is 2.26 bits per heavy atom. The lowest BCUT2D eigenvalue weighted by Gasteiger charge is -2.34. The highest BCUT2D eigenvalue weighted by Crippen LogP contribution is 2.25. The Bertz CT molecular complexity index is 1230. The van der Waals surface area contributed by atoms with Crippen LogP contribution >= 0.6 is 0 Å². The van der Waals surface area contributed by atoms with Gasteiger partial charge in [-0.3, -0.25) is 9.69 Å². The molecule has 172 valence electrons. The molecule has 2 aromatic carbocycles. The lowest BCUT2D eigenvalue weighted by Crippen LogP contribution is -2.48. The number of carbonyl (C=O) groups is 1. The second kappa shape index (κ2) is 9.89. The van der Waals surface area contributed by atoms with Gasteiger partial charge in [-0.2, -0.15) is 5.10 Å². The Kier molecular flexibility index (Phi) is 6.35. The Morgan fingerprint density at radius 1 is 0.912 bits per heavy atom. The normalized spacial score (nSPS) is 14.2. The molecule has 1 fully saturated rings. The Morgan fingerprint density at radius 2 is 1.62 bits per heavy atom. The lowest BCUT2D eigenvalue weighted by molar-refractivity contribution is 0.0622. The average Bonchev–Trinajstić information content (AvgIpc) is 3.35. The van der Waals surface area contributed by atoms with E-state index in [4.69, 9.17) is 9.84 Å². The first-order chi connectivity index (χ1) is 16.7. The van der Waals surface area contributed by atoms with Gasteiger partial charge in [-0.25, -0.2) is 9.67 Å². The molecule has 0 aliphatic carbocycles. The fraction of sp³-hybridized carbons (Fsp3) is 0.222. The van der Waals surface area contributed by atoms with E-state index in [0.29, 0.717) is 24.7 Å². The highest BCUT2D eigenvalue weighted by Gasteiger charge is 2.25. The predicted molar refractivity (Wildman–Crippen MR) is 131 cm³/mol. The van der Waals surface area contributed by atoms with Crippen molar-refractivity contribution >= 4 is 5.91 Å². The first kappa shape index (κ1) is 21.9. The van der Waals surface area contributed by atoms with Gasteiger partial charge in [0.05, 0.1) is 24.7 Å². The highest BCUT2D eigenvalue weighted by atomic mass is 16.5. The van der Waals surface area contributed by atoms with Crippen LogP contribution in [0.1, 0.15) is 16.1 Å². The van der Waals surface area contributed by atoms with Gasteiger partial charge in [0.1, 0.15) is 0 Å². The van der Waals surface area contributed by atoms with Crippen LogP contribution in [0.2, 0.25) is 0 Å². The summed E-state index contributed by atoms with van der Waals surface area (Å²) >= 11 is 0. The number of pyridine rings is 1. The summed E-state index contributed by atoms with van der Waals surface area (Å²) in [5.74, 6) is 0.485. The van der Waals surface area contributed by atoms with E-state index in [2.05, 4.69) is 34.1 Å². The molecule has 0 bridgehead atoms. The molecule has 4 aromatic rings. The van der Waals surface area contributed by atoms with Gasteiger partial charge in [0, 0.05) is 44.4 Å². The van der Waals surface area contributed by atoms with Crippen molar-refractivity contribution in [1.29, 1.82) is 0 Å². The number of hydrogen-bond donors (Lipinski definition) is 0. The van der Waals surface area contributed by atoms with Crippen LogP contribution in [0.25, 0.3) is 16.9 Å².